The van der Waals surface area contributed by atoms with Gasteiger partial charge in [0.05, 0.1) is 5.41 Å². The molecule has 1 saturated carbocycles. The average Bonchev–Trinajstić information content (AvgIpc) is 2.82. The highest BCUT2D eigenvalue weighted by Crippen LogP contribution is 2.55. The summed E-state index contributed by atoms with van der Waals surface area (Å²) in [6, 6.07) is 0. The summed E-state index contributed by atoms with van der Waals surface area (Å²) < 4.78 is 40.5. The van der Waals surface area contributed by atoms with Gasteiger partial charge in [-0.1, -0.05) is 24.3 Å². The van der Waals surface area contributed by atoms with Crippen LogP contribution in [0, 0.1) is 23.2 Å². The molecule has 1 heterocycles. The largest absolute Gasteiger partial charge is 0.398 e. The zero-order valence-electron chi connectivity index (χ0n) is 11.6. The molecule has 1 aliphatic heterocycles. The number of allylic oxidation sites excluding steroid dienone is 4. The van der Waals surface area contributed by atoms with E-state index in [1.165, 1.54) is 19.1 Å². The number of rotatable bonds is 1. The van der Waals surface area contributed by atoms with Crippen molar-refractivity contribution in [2.75, 3.05) is 13.1 Å². The van der Waals surface area contributed by atoms with Crippen LogP contribution in [-0.4, -0.2) is 24.8 Å². The van der Waals surface area contributed by atoms with Crippen molar-refractivity contribution < 1.29 is 13.2 Å². The highest BCUT2D eigenvalue weighted by molar-refractivity contribution is 5.24. The lowest BCUT2D eigenvalue weighted by atomic mass is 9.67. The van der Waals surface area contributed by atoms with Crippen LogP contribution < -0.4 is 11.1 Å². The van der Waals surface area contributed by atoms with Crippen LogP contribution in [0.1, 0.15) is 19.8 Å². The van der Waals surface area contributed by atoms with Gasteiger partial charge >= 0.3 is 6.18 Å². The van der Waals surface area contributed by atoms with Gasteiger partial charge in [0.25, 0.3) is 0 Å². The number of nitrogens with one attached hydrogen (secondary N) is 1. The second kappa shape index (κ2) is 4.34. The van der Waals surface area contributed by atoms with E-state index >= 15 is 0 Å². The molecule has 3 N–H and O–H groups in total. The van der Waals surface area contributed by atoms with E-state index < -0.39 is 17.5 Å². The molecule has 2 aliphatic carbocycles. The Morgan fingerprint density at radius 1 is 1.30 bits per heavy atom. The van der Waals surface area contributed by atoms with Gasteiger partial charge < -0.3 is 11.1 Å². The van der Waals surface area contributed by atoms with Gasteiger partial charge in [-0.15, -0.1) is 0 Å². The standard InChI is InChI=1S/C15H21F3N2/c1-13(15(16,17)18)5-3-2-4-12(13)10-6-11-8-20-9-14(11,19)7-10/h2-5,10-12,20H,6-9,19H2,1H3/t10-,11-,12?,13?,14-/m1/s1. The maximum atomic E-state index is 13.5. The molecule has 2 fully saturated rings. The highest BCUT2D eigenvalue weighted by atomic mass is 19.4. The first kappa shape index (κ1) is 14.1. The first-order valence-electron chi connectivity index (χ1n) is 7.19. The number of halogens is 3. The topological polar surface area (TPSA) is 38.0 Å². The molecule has 3 aliphatic rings. The number of nitrogens with two attached hydrogens (primary N) is 1. The molecular weight excluding hydrogens is 265 g/mol. The molecule has 0 spiro atoms. The Balaban J connectivity index is 1.87. The van der Waals surface area contributed by atoms with Gasteiger partial charge in [-0.3, -0.25) is 0 Å². The number of fused-ring (bicyclic) bond motifs is 1. The van der Waals surface area contributed by atoms with E-state index in [4.69, 9.17) is 5.73 Å². The molecule has 20 heavy (non-hydrogen) atoms. The van der Waals surface area contributed by atoms with Crippen LogP contribution in [0.15, 0.2) is 24.3 Å². The van der Waals surface area contributed by atoms with E-state index in [1.807, 2.05) is 0 Å². The summed E-state index contributed by atoms with van der Waals surface area (Å²) in [4.78, 5) is 0. The minimum absolute atomic E-state index is 0.0138. The Bertz CT molecular complexity index is 457. The lowest BCUT2D eigenvalue weighted by molar-refractivity contribution is -0.217. The minimum Gasteiger partial charge on any atom is -0.324 e. The Hall–Kier alpha value is -0.810. The van der Waals surface area contributed by atoms with Crippen LogP contribution in [0.3, 0.4) is 0 Å². The smallest absolute Gasteiger partial charge is 0.324 e. The molecule has 3 rings (SSSR count). The van der Waals surface area contributed by atoms with Crippen molar-refractivity contribution in [2.24, 2.45) is 28.9 Å². The predicted molar refractivity (Wildman–Crippen MR) is 71.9 cm³/mol. The van der Waals surface area contributed by atoms with Crippen molar-refractivity contribution in [3.63, 3.8) is 0 Å². The van der Waals surface area contributed by atoms with Gasteiger partial charge in [0, 0.05) is 12.1 Å². The minimum atomic E-state index is -4.23. The summed E-state index contributed by atoms with van der Waals surface area (Å²) in [6.45, 7) is 2.87. The zero-order chi connectivity index (χ0) is 14.6. The molecule has 5 heteroatoms. The van der Waals surface area contributed by atoms with Crippen LogP contribution in [-0.2, 0) is 0 Å². The highest BCUT2D eigenvalue weighted by Gasteiger charge is 2.59. The van der Waals surface area contributed by atoms with Crippen molar-refractivity contribution in [2.45, 2.75) is 31.5 Å². The summed E-state index contributed by atoms with van der Waals surface area (Å²) in [5.74, 6) is -0.178. The molecule has 0 aromatic rings. The fourth-order valence-electron chi connectivity index (χ4n) is 4.27. The molecule has 0 aromatic heterocycles. The van der Waals surface area contributed by atoms with E-state index in [9.17, 15) is 13.2 Å². The van der Waals surface area contributed by atoms with Gasteiger partial charge in [0.1, 0.15) is 0 Å². The third kappa shape index (κ3) is 1.94. The summed E-state index contributed by atoms with van der Waals surface area (Å²) >= 11 is 0. The first-order chi connectivity index (χ1) is 9.26. The van der Waals surface area contributed by atoms with E-state index in [2.05, 4.69) is 5.32 Å². The van der Waals surface area contributed by atoms with Crippen LogP contribution in [0.5, 0.6) is 0 Å². The van der Waals surface area contributed by atoms with Gasteiger partial charge in [0.15, 0.2) is 0 Å². The van der Waals surface area contributed by atoms with Crippen molar-refractivity contribution in [1.29, 1.82) is 0 Å². The molecule has 1 saturated heterocycles. The zero-order valence-corrected chi connectivity index (χ0v) is 11.6. The maximum absolute atomic E-state index is 13.5. The Kier molecular flexibility index (Phi) is 3.07. The molecule has 0 bridgehead atoms. The van der Waals surface area contributed by atoms with Crippen LogP contribution in [0.4, 0.5) is 13.2 Å². The van der Waals surface area contributed by atoms with Crippen molar-refractivity contribution in [3.05, 3.63) is 24.3 Å². The molecule has 2 unspecified atom stereocenters. The van der Waals surface area contributed by atoms with Gasteiger partial charge in [-0.25, -0.2) is 0 Å². The second-order valence-electron chi connectivity index (χ2n) is 6.81. The third-order valence-electron chi connectivity index (χ3n) is 5.57. The quantitative estimate of drug-likeness (QED) is 0.777. The molecular formula is C15H21F3N2. The summed E-state index contributed by atoms with van der Waals surface area (Å²) in [5, 5.41) is 3.26. The number of hydrogen-bond acceptors (Lipinski definition) is 2. The predicted octanol–water partition coefficient (Wildman–Crippen LogP) is 2.62. The molecule has 0 aromatic carbocycles. The SMILES string of the molecule is CC1(C(F)(F)F)C=CC=CC1[C@@H]1C[C@@H]2CNC[C@]2(N)C1. The van der Waals surface area contributed by atoms with Crippen molar-refractivity contribution in [1.82, 2.24) is 5.32 Å². The van der Waals surface area contributed by atoms with Crippen LogP contribution in [0.2, 0.25) is 0 Å². The molecule has 2 nitrogen and oxygen atoms in total. The average molecular weight is 286 g/mol. The van der Waals surface area contributed by atoms with Crippen LogP contribution >= 0.6 is 0 Å². The van der Waals surface area contributed by atoms with Gasteiger partial charge in [-0.2, -0.15) is 13.2 Å². The normalized spacial score (nSPS) is 47.8. The number of hydrogen-bond donors (Lipinski definition) is 2. The lowest BCUT2D eigenvalue weighted by Gasteiger charge is -2.40. The fourth-order valence-corrected chi connectivity index (χ4v) is 4.27. The Labute approximate surface area is 117 Å². The van der Waals surface area contributed by atoms with E-state index in [1.54, 1.807) is 12.2 Å². The first-order valence-corrected chi connectivity index (χ1v) is 7.19. The van der Waals surface area contributed by atoms with E-state index in [0.29, 0.717) is 12.3 Å². The molecule has 0 amide bonds. The Morgan fingerprint density at radius 2 is 2.05 bits per heavy atom. The Morgan fingerprint density at radius 3 is 2.70 bits per heavy atom. The van der Waals surface area contributed by atoms with Crippen molar-refractivity contribution in [3.8, 4) is 0 Å². The second-order valence-corrected chi connectivity index (χ2v) is 6.81. The maximum Gasteiger partial charge on any atom is 0.398 e. The molecule has 0 radical (unpaired) electrons. The van der Waals surface area contributed by atoms with Crippen molar-refractivity contribution >= 4 is 0 Å². The van der Waals surface area contributed by atoms with Gasteiger partial charge in [0.2, 0.25) is 0 Å². The third-order valence-corrected chi connectivity index (χ3v) is 5.57. The lowest BCUT2D eigenvalue weighted by Crippen LogP contribution is -2.46. The summed E-state index contributed by atoms with van der Waals surface area (Å²) in [7, 11) is 0. The molecule has 112 valence electrons. The molecule has 5 atom stereocenters. The van der Waals surface area contributed by atoms with E-state index in [0.717, 1.165) is 19.5 Å². The monoisotopic (exact) mass is 286 g/mol. The summed E-state index contributed by atoms with van der Waals surface area (Å²) in [6.07, 6.45) is 3.55. The van der Waals surface area contributed by atoms with E-state index in [-0.39, 0.29) is 11.5 Å². The van der Waals surface area contributed by atoms with Gasteiger partial charge in [-0.05, 0) is 44.1 Å². The number of alkyl halides is 3. The fraction of sp³-hybridized carbons (Fsp3) is 0.733. The van der Waals surface area contributed by atoms with Crippen LogP contribution in [0.25, 0.3) is 0 Å². The summed E-state index contributed by atoms with van der Waals surface area (Å²) in [5.41, 5.74) is 4.29.